The minimum absolute atomic E-state index is 0.161. The van der Waals surface area contributed by atoms with Gasteiger partial charge in [0, 0.05) is 16.0 Å². The Kier molecular flexibility index (Phi) is 10.4. The van der Waals surface area contributed by atoms with Crippen LogP contribution in [-0.2, 0) is 21.3 Å². The molecule has 0 aromatic rings. The summed E-state index contributed by atoms with van der Waals surface area (Å²) in [4.78, 5) is 12.6. The highest BCUT2D eigenvalue weighted by Crippen LogP contribution is 2.51. The van der Waals surface area contributed by atoms with Crippen molar-refractivity contribution in [1.82, 2.24) is 0 Å². The lowest BCUT2D eigenvalue weighted by Crippen LogP contribution is -2.44. The van der Waals surface area contributed by atoms with Gasteiger partial charge in [0.1, 0.15) is 0 Å². The summed E-state index contributed by atoms with van der Waals surface area (Å²) >= 11 is 0. The highest BCUT2D eigenvalue weighted by atomic mass is 28.4. The Bertz CT molecular complexity index is 574. The third-order valence-corrected chi connectivity index (χ3v) is 14.1. The summed E-state index contributed by atoms with van der Waals surface area (Å²) in [6, 6.07) is 0. The SMILES string of the molecule is CC(C)C(C(=CC(C)(C)CC(C)(C)[SiH]1O[SiH2]O[SiH2]O[SiH2]O1)C(=O)O)(C(C)C)C(C)C. The molecule has 30 heavy (non-hydrogen) atoms. The molecule has 0 amide bonds. The second-order valence-electron chi connectivity index (χ2n) is 10.8. The van der Waals surface area contributed by atoms with Crippen LogP contribution in [0, 0.1) is 28.6 Å². The number of carboxylic acids is 1. The second kappa shape index (κ2) is 11.2. The summed E-state index contributed by atoms with van der Waals surface area (Å²) in [5.74, 6) is -0.165. The van der Waals surface area contributed by atoms with Crippen LogP contribution in [0.1, 0.15) is 75.7 Å². The Balaban J connectivity index is 3.33. The maximum atomic E-state index is 12.6. The molecule has 0 radical (unpaired) electrons. The smallest absolute Gasteiger partial charge is 0.331 e. The van der Waals surface area contributed by atoms with Gasteiger partial charge in [-0.3, -0.25) is 0 Å². The molecule has 1 fully saturated rings. The fraction of sp³-hybridized carbons (Fsp3) is 0.850. The molecule has 0 aliphatic carbocycles. The summed E-state index contributed by atoms with van der Waals surface area (Å²) in [5, 5.41) is 10.1. The normalized spacial score (nSPS) is 23.0. The van der Waals surface area contributed by atoms with Crippen LogP contribution in [0.4, 0.5) is 0 Å². The summed E-state index contributed by atoms with van der Waals surface area (Å²) < 4.78 is 23.4. The Morgan fingerprint density at radius 2 is 1.33 bits per heavy atom. The van der Waals surface area contributed by atoms with Crippen molar-refractivity contribution in [2.75, 3.05) is 0 Å². The van der Waals surface area contributed by atoms with Crippen LogP contribution in [0.3, 0.4) is 0 Å². The number of hydrogen-bond donors (Lipinski definition) is 1. The molecule has 0 unspecified atom stereocenters. The second-order valence-corrected chi connectivity index (χ2v) is 19.7. The highest BCUT2D eigenvalue weighted by molar-refractivity contribution is 6.62. The van der Waals surface area contributed by atoms with E-state index in [9.17, 15) is 9.90 Å². The minimum atomic E-state index is -1.96. The molecule has 1 rings (SSSR count). The molecule has 10 heteroatoms. The average molecular weight is 493 g/mol. The molecule has 0 atom stereocenters. The molecule has 176 valence electrons. The molecule has 1 aliphatic heterocycles. The highest BCUT2D eigenvalue weighted by Gasteiger charge is 2.47. The Labute approximate surface area is 192 Å². The van der Waals surface area contributed by atoms with Crippen LogP contribution in [0.5, 0.6) is 0 Å². The molecule has 0 aromatic carbocycles. The maximum Gasteiger partial charge on any atom is 0.331 e. The molecule has 1 N–H and O–H groups in total. The molecular weight excluding hydrogens is 449 g/mol. The van der Waals surface area contributed by atoms with E-state index in [-0.39, 0.29) is 28.2 Å². The van der Waals surface area contributed by atoms with E-state index in [1.54, 1.807) is 0 Å². The van der Waals surface area contributed by atoms with E-state index in [0.717, 1.165) is 6.42 Å². The zero-order chi connectivity index (χ0) is 23.3. The number of rotatable bonds is 9. The molecule has 0 aromatic heterocycles. The van der Waals surface area contributed by atoms with Crippen molar-refractivity contribution in [2.24, 2.45) is 28.6 Å². The van der Waals surface area contributed by atoms with Crippen LogP contribution >= 0.6 is 0 Å². The summed E-state index contributed by atoms with van der Waals surface area (Å²) in [7, 11) is -4.92. The first-order chi connectivity index (χ1) is 13.7. The molecule has 6 nitrogen and oxygen atoms in total. The van der Waals surface area contributed by atoms with Gasteiger partial charge >= 0.3 is 15.3 Å². The van der Waals surface area contributed by atoms with E-state index in [2.05, 4.69) is 69.2 Å². The summed E-state index contributed by atoms with van der Waals surface area (Å²) in [6.07, 6.45) is 2.82. The van der Waals surface area contributed by atoms with Crippen LogP contribution in [0.15, 0.2) is 11.6 Å². The van der Waals surface area contributed by atoms with Gasteiger partial charge in [0.05, 0.1) is 0 Å². The van der Waals surface area contributed by atoms with Gasteiger partial charge in [0.25, 0.3) is 30.0 Å². The number of carboxylic acid groups (broad SMARTS) is 1. The first-order valence-electron chi connectivity index (χ1n) is 11.0. The van der Waals surface area contributed by atoms with E-state index in [4.69, 9.17) is 16.5 Å². The maximum absolute atomic E-state index is 12.6. The molecular formula is C20H44O6Si4. The number of carbonyl (C=O) groups is 1. The quantitative estimate of drug-likeness (QED) is 0.394. The van der Waals surface area contributed by atoms with E-state index in [1.165, 1.54) is 0 Å². The predicted octanol–water partition coefficient (Wildman–Crippen LogP) is 2.45. The average Bonchev–Trinajstić information content (AvgIpc) is 2.51. The first-order valence-corrected chi connectivity index (χ1v) is 16.0. The first kappa shape index (κ1) is 28.0. The number of aliphatic carboxylic acids is 1. The zero-order valence-electron chi connectivity index (χ0n) is 20.7. The van der Waals surface area contributed by atoms with Gasteiger partial charge in [0.15, 0.2) is 0 Å². The van der Waals surface area contributed by atoms with Crippen molar-refractivity contribution in [3.05, 3.63) is 11.6 Å². The standard InChI is InChI=1S/C20H44O6Si4/c1-13(2)20(14(3)4,15(5)6)16(17(21)22)11-18(7,8)12-19(9,10)30-25-28-23-27-24-29-26-30/h11,13-15,30H,12,27-29H2,1-10H3,(H,21,22). The predicted molar refractivity (Wildman–Crippen MR) is 132 cm³/mol. The molecule has 0 spiro atoms. The Morgan fingerprint density at radius 3 is 1.70 bits per heavy atom. The van der Waals surface area contributed by atoms with E-state index >= 15 is 0 Å². The van der Waals surface area contributed by atoms with Crippen molar-refractivity contribution in [2.45, 2.75) is 80.7 Å². The molecule has 0 bridgehead atoms. The third kappa shape index (κ3) is 6.71. The van der Waals surface area contributed by atoms with Crippen molar-refractivity contribution >= 4 is 45.3 Å². The van der Waals surface area contributed by atoms with Crippen molar-refractivity contribution in [3.63, 3.8) is 0 Å². The van der Waals surface area contributed by atoms with Crippen LogP contribution < -0.4 is 0 Å². The monoisotopic (exact) mass is 492 g/mol. The summed E-state index contributed by atoms with van der Waals surface area (Å²) in [6.45, 7) is 21.5. The Hall–Kier alpha value is -0.0825. The molecule has 0 saturated carbocycles. The molecule has 1 aliphatic rings. The van der Waals surface area contributed by atoms with Gasteiger partial charge in [-0.2, -0.15) is 0 Å². The number of allylic oxidation sites excluding steroid dienone is 1. The van der Waals surface area contributed by atoms with E-state index in [0.29, 0.717) is 5.57 Å². The van der Waals surface area contributed by atoms with Crippen molar-refractivity contribution < 1.29 is 26.4 Å². The van der Waals surface area contributed by atoms with Gasteiger partial charge in [0.2, 0.25) is 0 Å². The van der Waals surface area contributed by atoms with Gasteiger partial charge in [-0.25, -0.2) is 4.79 Å². The van der Waals surface area contributed by atoms with Crippen molar-refractivity contribution in [1.29, 1.82) is 0 Å². The Morgan fingerprint density at radius 1 is 0.900 bits per heavy atom. The molecule has 1 saturated heterocycles. The lowest BCUT2D eigenvalue weighted by atomic mass is 9.57. The van der Waals surface area contributed by atoms with E-state index in [1.807, 2.05) is 6.08 Å². The van der Waals surface area contributed by atoms with Gasteiger partial charge in [-0.05, 0) is 29.6 Å². The fourth-order valence-electron chi connectivity index (χ4n) is 5.85. The van der Waals surface area contributed by atoms with Crippen LogP contribution in [0.2, 0.25) is 5.04 Å². The van der Waals surface area contributed by atoms with Crippen LogP contribution in [-0.4, -0.2) is 50.4 Å². The fourth-order valence-corrected chi connectivity index (χ4v) is 17.0. The lowest BCUT2D eigenvalue weighted by Gasteiger charge is -2.47. The number of hydrogen-bond acceptors (Lipinski definition) is 5. The third-order valence-electron chi connectivity index (χ3n) is 6.42. The lowest BCUT2D eigenvalue weighted by molar-refractivity contribution is -0.135. The molecule has 1 heterocycles. The topological polar surface area (TPSA) is 74.2 Å². The zero-order valence-corrected chi connectivity index (χ0v) is 26.1. The minimum Gasteiger partial charge on any atom is -0.478 e. The van der Waals surface area contributed by atoms with Crippen molar-refractivity contribution in [3.8, 4) is 0 Å². The van der Waals surface area contributed by atoms with Crippen LogP contribution in [0.25, 0.3) is 0 Å². The van der Waals surface area contributed by atoms with E-state index < -0.39 is 50.7 Å². The largest absolute Gasteiger partial charge is 0.478 e. The van der Waals surface area contributed by atoms with Gasteiger partial charge in [-0.1, -0.05) is 75.3 Å². The summed E-state index contributed by atoms with van der Waals surface area (Å²) in [5.41, 5.74) is -0.168. The van der Waals surface area contributed by atoms with Gasteiger partial charge < -0.3 is 21.6 Å². The van der Waals surface area contributed by atoms with Gasteiger partial charge in [-0.15, -0.1) is 0 Å².